The van der Waals surface area contributed by atoms with Gasteiger partial charge in [-0.1, -0.05) is 90.1 Å². The standard InChI is InChI=1S/C25H17ClFN3OS2/c26-19-12-7-13-20(27)18(19)15-32-25-30-29-22(31-25)14-21-23(16-8-3-1-4-9-16)28-24(33-21)17-10-5-2-6-11-17/h1-13H,14-15H2. The molecule has 3 aromatic carbocycles. The zero-order valence-corrected chi connectivity index (χ0v) is 19.6. The minimum absolute atomic E-state index is 0.307. The molecule has 5 aromatic rings. The molecule has 0 spiro atoms. The molecular weight excluding hydrogens is 477 g/mol. The molecule has 0 unspecified atom stereocenters. The van der Waals surface area contributed by atoms with Gasteiger partial charge in [-0.2, -0.15) is 0 Å². The van der Waals surface area contributed by atoms with Gasteiger partial charge in [-0.25, -0.2) is 9.37 Å². The van der Waals surface area contributed by atoms with Crippen molar-refractivity contribution in [1.82, 2.24) is 15.2 Å². The number of hydrogen-bond acceptors (Lipinski definition) is 6. The van der Waals surface area contributed by atoms with Crippen molar-refractivity contribution >= 4 is 34.7 Å². The van der Waals surface area contributed by atoms with E-state index in [0.717, 1.165) is 26.7 Å². The first-order chi connectivity index (χ1) is 16.2. The molecule has 2 heterocycles. The Labute approximate surface area is 203 Å². The monoisotopic (exact) mass is 493 g/mol. The lowest BCUT2D eigenvalue weighted by Gasteiger charge is -2.03. The van der Waals surface area contributed by atoms with Crippen LogP contribution in [-0.4, -0.2) is 15.2 Å². The average Bonchev–Trinajstić information content (AvgIpc) is 3.47. The van der Waals surface area contributed by atoms with E-state index in [1.807, 2.05) is 60.7 Å². The summed E-state index contributed by atoms with van der Waals surface area (Å²) in [7, 11) is 0. The minimum Gasteiger partial charge on any atom is -0.416 e. The van der Waals surface area contributed by atoms with Gasteiger partial charge in [0.25, 0.3) is 5.22 Å². The fourth-order valence-electron chi connectivity index (χ4n) is 3.31. The number of thioether (sulfide) groups is 1. The van der Waals surface area contributed by atoms with Crippen LogP contribution in [0.25, 0.3) is 21.8 Å². The summed E-state index contributed by atoms with van der Waals surface area (Å²) in [6.07, 6.45) is 0.461. The first-order valence-electron chi connectivity index (χ1n) is 10.2. The molecule has 0 N–H and O–H groups in total. The fourth-order valence-corrected chi connectivity index (χ4v) is 5.51. The second-order valence-electron chi connectivity index (χ2n) is 7.15. The molecule has 0 saturated carbocycles. The fraction of sp³-hybridized carbons (Fsp3) is 0.0800. The SMILES string of the molecule is Fc1cccc(Cl)c1CSc1nnc(Cc2sc(-c3ccccc3)nc2-c2ccccc2)o1. The highest BCUT2D eigenvalue weighted by atomic mass is 35.5. The molecular formula is C25H17ClFN3OS2. The van der Waals surface area contributed by atoms with Gasteiger partial charge in [0.2, 0.25) is 5.89 Å². The first-order valence-corrected chi connectivity index (χ1v) is 12.3. The number of halogens is 2. The zero-order chi connectivity index (χ0) is 22.6. The number of hydrogen-bond donors (Lipinski definition) is 0. The molecule has 0 aliphatic heterocycles. The molecule has 0 saturated heterocycles. The highest BCUT2D eigenvalue weighted by Gasteiger charge is 2.18. The van der Waals surface area contributed by atoms with E-state index in [1.54, 1.807) is 23.5 Å². The molecule has 0 bridgehead atoms. The van der Waals surface area contributed by atoms with Gasteiger partial charge in [0.15, 0.2) is 0 Å². The van der Waals surface area contributed by atoms with E-state index in [-0.39, 0.29) is 5.82 Å². The Hall–Kier alpha value is -3.00. The predicted molar refractivity (Wildman–Crippen MR) is 131 cm³/mol. The summed E-state index contributed by atoms with van der Waals surface area (Å²) in [6, 6.07) is 24.8. The van der Waals surface area contributed by atoms with E-state index < -0.39 is 0 Å². The van der Waals surface area contributed by atoms with E-state index in [0.29, 0.717) is 33.9 Å². The van der Waals surface area contributed by atoms with Crippen LogP contribution in [0.4, 0.5) is 4.39 Å². The Kier molecular flexibility index (Phi) is 6.53. The maximum Gasteiger partial charge on any atom is 0.276 e. The molecule has 164 valence electrons. The van der Waals surface area contributed by atoms with Crippen LogP contribution in [0.5, 0.6) is 0 Å². The summed E-state index contributed by atoms with van der Waals surface area (Å²) in [5.74, 6) is 0.444. The quantitative estimate of drug-likeness (QED) is 0.219. The highest BCUT2D eigenvalue weighted by Crippen LogP contribution is 2.35. The van der Waals surface area contributed by atoms with Gasteiger partial charge in [0.05, 0.1) is 12.1 Å². The lowest BCUT2D eigenvalue weighted by atomic mass is 10.1. The summed E-state index contributed by atoms with van der Waals surface area (Å²) < 4.78 is 19.9. The van der Waals surface area contributed by atoms with Crippen molar-refractivity contribution in [1.29, 1.82) is 0 Å². The summed E-state index contributed by atoms with van der Waals surface area (Å²) >= 11 is 8.98. The van der Waals surface area contributed by atoms with Gasteiger partial charge in [-0.3, -0.25) is 0 Å². The molecule has 0 aliphatic rings. The zero-order valence-electron chi connectivity index (χ0n) is 17.2. The maximum absolute atomic E-state index is 14.0. The van der Waals surface area contributed by atoms with Crippen molar-refractivity contribution < 1.29 is 8.81 Å². The Morgan fingerprint density at radius 2 is 1.61 bits per heavy atom. The van der Waals surface area contributed by atoms with Crippen molar-refractivity contribution in [3.05, 3.63) is 106 Å². The van der Waals surface area contributed by atoms with E-state index >= 15 is 0 Å². The topological polar surface area (TPSA) is 51.8 Å². The number of benzene rings is 3. The van der Waals surface area contributed by atoms with Gasteiger partial charge >= 0.3 is 0 Å². The first kappa shape index (κ1) is 21.8. The lowest BCUT2D eigenvalue weighted by Crippen LogP contribution is -1.89. The largest absolute Gasteiger partial charge is 0.416 e. The predicted octanol–water partition coefficient (Wildman–Crippen LogP) is 7.54. The second-order valence-corrected chi connectivity index (χ2v) is 9.57. The minimum atomic E-state index is -0.347. The molecule has 0 atom stereocenters. The Morgan fingerprint density at radius 3 is 2.33 bits per heavy atom. The van der Waals surface area contributed by atoms with Crippen LogP contribution in [0.2, 0.25) is 5.02 Å². The summed E-state index contributed by atoms with van der Waals surface area (Å²) in [4.78, 5) is 5.96. The number of nitrogens with zero attached hydrogens (tertiary/aromatic N) is 3. The Morgan fingerprint density at radius 1 is 0.879 bits per heavy atom. The third-order valence-electron chi connectivity index (χ3n) is 4.93. The molecule has 0 aliphatic carbocycles. The summed E-state index contributed by atoms with van der Waals surface area (Å²) in [5, 5.41) is 10.0. The molecule has 4 nitrogen and oxygen atoms in total. The average molecular weight is 494 g/mol. The molecule has 5 rings (SSSR count). The van der Waals surface area contributed by atoms with Crippen LogP contribution in [0.1, 0.15) is 16.3 Å². The van der Waals surface area contributed by atoms with Crippen LogP contribution in [0, 0.1) is 5.82 Å². The van der Waals surface area contributed by atoms with Crippen molar-refractivity contribution in [3.63, 3.8) is 0 Å². The van der Waals surface area contributed by atoms with Gasteiger partial charge in [0.1, 0.15) is 10.8 Å². The van der Waals surface area contributed by atoms with Crippen LogP contribution >= 0.6 is 34.7 Å². The second kappa shape index (κ2) is 9.87. The molecule has 0 fully saturated rings. The molecule has 8 heteroatoms. The van der Waals surface area contributed by atoms with Crippen molar-refractivity contribution in [2.45, 2.75) is 17.4 Å². The third-order valence-corrected chi connectivity index (χ3v) is 7.23. The van der Waals surface area contributed by atoms with Crippen molar-refractivity contribution in [3.8, 4) is 21.8 Å². The van der Waals surface area contributed by atoms with Gasteiger partial charge in [0, 0.05) is 32.3 Å². The Balaban J connectivity index is 1.39. The van der Waals surface area contributed by atoms with E-state index in [1.165, 1.54) is 17.8 Å². The Bertz CT molecular complexity index is 1350. The summed E-state index contributed by atoms with van der Waals surface area (Å²) in [6.45, 7) is 0. The smallest absolute Gasteiger partial charge is 0.276 e. The van der Waals surface area contributed by atoms with E-state index in [2.05, 4.69) is 10.2 Å². The molecule has 0 radical (unpaired) electrons. The van der Waals surface area contributed by atoms with Gasteiger partial charge in [-0.15, -0.1) is 21.5 Å². The van der Waals surface area contributed by atoms with E-state index in [9.17, 15) is 4.39 Å². The molecule has 2 aromatic heterocycles. The normalized spacial score (nSPS) is 11.1. The third kappa shape index (κ3) is 5.00. The van der Waals surface area contributed by atoms with E-state index in [4.69, 9.17) is 21.0 Å². The van der Waals surface area contributed by atoms with Crippen LogP contribution in [0.15, 0.2) is 88.5 Å². The number of aromatic nitrogens is 3. The van der Waals surface area contributed by atoms with Gasteiger partial charge < -0.3 is 4.42 Å². The van der Waals surface area contributed by atoms with Crippen LogP contribution < -0.4 is 0 Å². The molecule has 0 amide bonds. The van der Waals surface area contributed by atoms with Crippen LogP contribution in [-0.2, 0) is 12.2 Å². The van der Waals surface area contributed by atoms with Crippen LogP contribution in [0.3, 0.4) is 0 Å². The van der Waals surface area contributed by atoms with Gasteiger partial charge in [-0.05, 0) is 12.1 Å². The molecule has 33 heavy (non-hydrogen) atoms. The highest BCUT2D eigenvalue weighted by molar-refractivity contribution is 7.98. The number of rotatable bonds is 7. The number of thiazole rings is 1. The lowest BCUT2D eigenvalue weighted by molar-refractivity contribution is 0.421. The maximum atomic E-state index is 14.0. The summed E-state index contributed by atoms with van der Waals surface area (Å²) in [5.41, 5.74) is 3.43. The van der Waals surface area contributed by atoms with Crippen molar-refractivity contribution in [2.24, 2.45) is 0 Å². The van der Waals surface area contributed by atoms with Crippen molar-refractivity contribution in [2.75, 3.05) is 0 Å².